The van der Waals surface area contributed by atoms with Crippen molar-refractivity contribution in [3.05, 3.63) is 86.9 Å². The van der Waals surface area contributed by atoms with Gasteiger partial charge in [0.2, 0.25) is 0 Å². The minimum absolute atomic E-state index is 0.0179. The molecule has 1 amide bonds. The van der Waals surface area contributed by atoms with Gasteiger partial charge in [-0.2, -0.15) is 0 Å². The fraction of sp³-hybridized carbons (Fsp3) is 0.290. The standard InChI is InChI=1S/C31H31Cl2NO6/c1-16(2)18-7-11-20(12-8-18)34-26(19-9-13-21(14-10-19)40-17(3)4)24(28(36)31(34)37)27(35)22-15-23(32)30(39-6)25(33)29(22)38-5/h7-17,26,35H,1-6H3/b27-24+. The summed E-state index contributed by atoms with van der Waals surface area (Å²) in [7, 11) is 2.76. The number of hydrogen-bond acceptors (Lipinski definition) is 6. The lowest BCUT2D eigenvalue weighted by atomic mass is 9.94. The quantitative estimate of drug-likeness (QED) is 0.167. The van der Waals surface area contributed by atoms with Gasteiger partial charge in [-0.3, -0.25) is 14.5 Å². The maximum absolute atomic E-state index is 13.6. The number of methoxy groups -OCH3 is 2. The number of hydrogen-bond donors (Lipinski definition) is 1. The first-order chi connectivity index (χ1) is 19.0. The lowest BCUT2D eigenvalue weighted by Crippen LogP contribution is -2.29. The number of aliphatic hydroxyl groups excluding tert-OH is 1. The molecule has 0 bridgehead atoms. The topological polar surface area (TPSA) is 85.3 Å². The molecule has 1 saturated heterocycles. The highest BCUT2D eigenvalue weighted by atomic mass is 35.5. The zero-order chi connectivity index (χ0) is 29.3. The van der Waals surface area contributed by atoms with Gasteiger partial charge in [0.1, 0.15) is 16.5 Å². The molecule has 0 aliphatic carbocycles. The normalized spacial score (nSPS) is 16.6. The molecule has 40 heavy (non-hydrogen) atoms. The highest BCUT2D eigenvalue weighted by Gasteiger charge is 2.47. The summed E-state index contributed by atoms with van der Waals surface area (Å²) >= 11 is 12.8. The van der Waals surface area contributed by atoms with Crippen LogP contribution in [0.1, 0.15) is 56.3 Å². The molecule has 1 aliphatic heterocycles. The van der Waals surface area contributed by atoms with Crippen LogP contribution in [-0.4, -0.2) is 37.1 Å². The summed E-state index contributed by atoms with van der Waals surface area (Å²) in [5.41, 5.74) is 2.10. The molecule has 0 aromatic heterocycles. The molecule has 0 saturated carbocycles. The van der Waals surface area contributed by atoms with Crippen molar-refractivity contribution in [1.29, 1.82) is 0 Å². The molecule has 0 spiro atoms. The van der Waals surface area contributed by atoms with Gasteiger partial charge in [0.25, 0.3) is 11.7 Å². The van der Waals surface area contributed by atoms with Gasteiger partial charge in [-0.1, -0.05) is 61.3 Å². The molecule has 1 fully saturated rings. The Morgan fingerprint density at radius 3 is 2.02 bits per heavy atom. The summed E-state index contributed by atoms with van der Waals surface area (Å²) in [5.74, 6) is -1.00. The van der Waals surface area contributed by atoms with Gasteiger partial charge in [-0.25, -0.2) is 0 Å². The van der Waals surface area contributed by atoms with E-state index in [9.17, 15) is 14.7 Å². The van der Waals surface area contributed by atoms with E-state index in [2.05, 4.69) is 13.8 Å². The van der Waals surface area contributed by atoms with Gasteiger partial charge in [0.15, 0.2) is 11.5 Å². The second-order valence-electron chi connectivity index (χ2n) is 9.94. The van der Waals surface area contributed by atoms with Crippen molar-refractivity contribution in [3.8, 4) is 17.2 Å². The van der Waals surface area contributed by atoms with E-state index in [1.54, 1.807) is 36.4 Å². The van der Waals surface area contributed by atoms with Crippen LogP contribution in [0.15, 0.2) is 60.2 Å². The van der Waals surface area contributed by atoms with Gasteiger partial charge in [-0.15, -0.1) is 0 Å². The molecule has 0 radical (unpaired) electrons. The first-order valence-electron chi connectivity index (χ1n) is 12.8. The van der Waals surface area contributed by atoms with E-state index >= 15 is 0 Å². The van der Waals surface area contributed by atoms with Gasteiger partial charge in [0.05, 0.1) is 42.5 Å². The predicted octanol–water partition coefficient (Wildman–Crippen LogP) is 7.55. The molecule has 9 heteroatoms. The highest BCUT2D eigenvalue weighted by Crippen LogP contribution is 2.48. The Morgan fingerprint density at radius 1 is 0.900 bits per heavy atom. The largest absolute Gasteiger partial charge is 0.507 e. The van der Waals surface area contributed by atoms with Crippen molar-refractivity contribution in [2.45, 2.75) is 45.8 Å². The van der Waals surface area contributed by atoms with Crippen LogP contribution in [0, 0.1) is 0 Å². The zero-order valence-electron chi connectivity index (χ0n) is 23.1. The predicted molar refractivity (Wildman–Crippen MR) is 157 cm³/mol. The maximum Gasteiger partial charge on any atom is 0.300 e. The smallest absolute Gasteiger partial charge is 0.300 e. The van der Waals surface area contributed by atoms with Crippen LogP contribution in [0.3, 0.4) is 0 Å². The monoisotopic (exact) mass is 583 g/mol. The summed E-state index contributed by atoms with van der Waals surface area (Å²) in [5, 5.41) is 11.8. The number of carbonyl (C=O) groups excluding carboxylic acids is 2. The Kier molecular flexibility index (Phi) is 8.66. The van der Waals surface area contributed by atoms with Crippen molar-refractivity contribution in [2.24, 2.45) is 0 Å². The van der Waals surface area contributed by atoms with Crippen LogP contribution in [0.4, 0.5) is 5.69 Å². The van der Waals surface area contributed by atoms with Gasteiger partial charge < -0.3 is 19.3 Å². The molecule has 7 nitrogen and oxygen atoms in total. The highest BCUT2D eigenvalue weighted by molar-refractivity contribution is 6.52. The summed E-state index contributed by atoms with van der Waals surface area (Å²) in [6, 6.07) is 14.9. The van der Waals surface area contributed by atoms with Gasteiger partial charge in [0, 0.05) is 5.69 Å². The molecule has 3 aromatic carbocycles. The molecule has 3 aromatic rings. The number of anilines is 1. The molecule has 1 N–H and O–H groups in total. The Hall–Kier alpha value is -3.68. The molecule has 1 heterocycles. The number of carbonyl (C=O) groups is 2. The second kappa shape index (κ2) is 11.8. The Morgan fingerprint density at radius 2 is 1.50 bits per heavy atom. The van der Waals surface area contributed by atoms with Crippen LogP contribution in [0.2, 0.25) is 10.0 Å². The number of aliphatic hydroxyl groups is 1. The van der Waals surface area contributed by atoms with Crippen molar-refractivity contribution in [3.63, 3.8) is 0 Å². The van der Waals surface area contributed by atoms with E-state index in [4.69, 9.17) is 37.4 Å². The number of nitrogens with zero attached hydrogens (tertiary/aromatic N) is 1. The van der Waals surface area contributed by atoms with Gasteiger partial charge >= 0.3 is 0 Å². The van der Waals surface area contributed by atoms with E-state index in [1.807, 2.05) is 26.0 Å². The number of amides is 1. The molecule has 1 unspecified atom stereocenters. The molecular formula is C31H31Cl2NO6. The lowest BCUT2D eigenvalue weighted by Gasteiger charge is -2.26. The van der Waals surface area contributed by atoms with E-state index in [0.717, 1.165) is 5.56 Å². The molecule has 1 aliphatic rings. The Labute approximate surface area is 243 Å². The number of benzene rings is 3. The van der Waals surface area contributed by atoms with Crippen molar-refractivity contribution < 1.29 is 28.9 Å². The third-order valence-electron chi connectivity index (χ3n) is 6.64. The summed E-state index contributed by atoms with van der Waals surface area (Å²) in [6.07, 6.45) is -0.0343. The summed E-state index contributed by atoms with van der Waals surface area (Å²) in [4.78, 5) is 28.5. The average Bonchev–Trinajstić information content (AvgIpc) is 3.18. The molecule has 210 valence electrons. The van der Waals surface area contributed by atoms with Crippen LogP contribution >= 0.6 is 23.2 Å². The van der Waals surface area contributed by atoms with Crippen LogP contribution < -0.4 is 19.1 Å². The number of ketones is 1. The lowest BCUT2D eigenvalue weighted by molar-refractivity contribution is -0.132. The molecule has 1 atom stereocenters. The third-order valence-corrected chi connectivity index (χ3v) is 7.27. The van der Waals surface area contributed by atoms with Crippen LogP contribution in [0.5, 0.6) is 17.2 Å². The second-order valence-corrected chi connectivity index (χ2v) is 10.7. The number of Topliss-reactive ketones (excluding diaryl/α,β-unsaturated/α-hetero) is 1. The van der Waals surface area contributed by atoms with E-state index in [-0.39, 0.29) is 44.7 Å². The number of ether oxygens (including phenoxy) is 3. The first-order valence-corrected chi connectivity index (χ1v) is 13.5. The Balaban J connectivity index is 1.96. The first kappa shape index (κ1) is 29.3. The Bertz CT molecular complexity index is 1460. The summed E-state index contributed by atoms with van der Waals surface area (Å²) < 4.78 is 16.5. The molecule has 4 rings (SSSR count). The fourth-order valence-electron chi connectivity index (χ4n) is 4.73. The number of halogens is 2. The summed E-state index contributed by atoms with van der Waals surface area (Å²) in [6.45, 7) is 7.98. The zero-order valence-corrected chi connectivity index (χ0v) is 24.6. The fourth-order valence-corrected chi connectivity index (χ4v) is 5.41. The minimum atomic E-state index is -0.956. The number of rotatable bonds is 8. The van der Waals surface area contributed by atoms with E-state index < -0.39 is 23.5 Å². The van der Waals surface area contributed by atoms with E-state index in [0.29, 0.717) is 17.0 Å². The van der Waals surface area contributed by atoms with Crippen molar-refractivity contribution >= 4 is 46.3 Å². The SMILES string of the molecule is COc1c(Cl)cc(/C(O)=C2\C(=O)C(=O)N(c3ccc(C(C)C)cc3)C2c2ccc(OC(C)C)cc2)c(OC)c1Cl. The minimum Gasteiger partial charge on any atom is -0.507 e. The maximum atomic E-state index is 13.6. The van der Waals surface area contributed by atoms with Crippen molar-refractivity contribution in [1.82, 2.24) is 0 Å². The van der Waals surface area contributed by atoms with Crippen LogP contribution in [0.25, 0.3) is 5.76 Å². The van der Waals surface area contributed by atoms with E-state index in [1.165, 1.54) is 25.2 Å². The third kappa shape index (κ3) is 5.36. The van der Waals surface area contributed by atoms with Crippen molar-refractivity contribution in [2.75, 3.05) is 19.1 Å². The van der Waals surface area contributed by atoms with Crippen LogP contribution in [-0.2, 0) is 9.59 Å². The molecular weight excluding hydrogens is 553 g/mol. The van der Waals surface area contributed by atoms with Gasteiger partial charge in [-0.05, 0) is 61.2 Å². The average molecular weight is 584 g/mol.